The van der Waals surface area contributed by atoms with Gasteiger partial charge in [-0.1, -0.05) is 6.92 Å². The molecule has 0 saturated carbocycles. The van der Waals surface area contributed by atoms with Crippen molar-refractivity contribution in [3.05, 3.63) is 32.9 Å². The molecule has 1 rings (SSSR count). The largest absolute Gasteiger partial charge is 0.204 e. The molecule has 0 amide bonds. The normalized spacial score (nSPS) is 10.2. The van der Waals surface area contributed by atoms with Gasteiger partial charge >= 0.3 is 0 Å². The maximum absolute atomic E-state index is 12.7. The lowest BCUT2D eigenvalue weighted by atomic mass is 10.2. The molecule has 0 unspecified atom stereocenters. The third-order valence-corrected chi connectivity index (χ3v) is 2.24. The molecule has 1 aromatic rings. The molecule has 0 aliphatic carbocycles. The number of hydrogen-bond donors (Lipinski definition) is 0. The van der Waals surface area contributed by atoms with Gasteiger partial charge in [0.15, 0.2) is 11.6 Å². The average molecular weight is 268 g/mol. The monoisotopic (exact) mass is 268 g/mol. The molecule has 0 bridgehead atoms. The molecule has 0 aliphatic rings. The molecule has 11 heavy (non-hydrogen) atoms. The van der Waals surface area contributed by atoms with E-state index in [4.69, 9.17) is 0 Å². The SMILES string of the molecule is CCc1cc(F)c(F)c(I)c1. The number of hydrogen-bond acceptors (Lipinski definition) is 0. The first-order valence-corrected chi connectivity index (χ1v) is 4.36. The predicted molar refractivity (Wildman–Crippen MR) is 48.5 cm³/mol. The van der Waals surface area contributed by atoms with Gasteiger partial charge in [-0.2, -0.15) is 0 Å². The lowest BCUT2D eigenvalue weighted by molar-refractivity contribution is 0.502. The van der Waals surface area contributed by atoms with Gasteiger partial charge < -0.3 is 0 Å². The number of rotatable bonds is 1. The molecule has 60 valence electrons. The maximum Gasteiger partial charge on any atom is 0.172 e. The van der Waals surface area contributed by atoms with Crippen LogP contribution in [0.1, 0.15) is 12.5 Å². The van der Waals surface area contributed by atoms with Crippen LogP contribution >= 0.6 is 22.6 Å². The van der Waals surface area contributed by atoms with Crippen molar-refractivity contribution in [1.29, 1.82) is 0 Å². The van der Waals surface area contributed by atoms with Crippen LogP contribution in [-0.4, -0.2) is 0 Å². The molecule has 1 aromatic carbocycles. The average Bonchev–Trinajstić information content (AvgIpc) is 1.99. The van der Waals surface area contributed by atoms with E-state index in [9.17, 15) is 8.78 Å². The lowest BCUT2D eigenvalue weighted by Crippen LogP contribution is -1.91. The Morgan fingerprint density at radius 2 is 2.00 bits per heavy atom. The summed E-state index contributed by atoms with van der Waals surface area (Å²) in [6.07, 6.45) is 0.729. The molecule has 0 saturated heterocycles. The van der Waals surface area contributed by atoms with Crippen LogP contribution in [-0.2, 0) is 6.42 Å². The van der Waals surface area contributed by atoms with Crippen LogP contribution in [0.5, 0.6) is 0 Å². The summed E-state index contributed by atoms with van der Waals surface area (Å²) in [5.74, 6) is -1.50. The van der Waals surface area contributed by atoms with Crippen LogP contribution in [0.4, 0.5) is 8.78 Å². The van der Waals surface area contributed by atoms with E-state index >= 15 is 0 Å². The second-order valence-corrected chi connectivity index (χ2v) is 3.39. The highest BCUT2D eigenvalue weighted by atomic mass is 127. The molecule has 0 heterocycles. The molecule has 0 N–H and O–H groups in total. The summed E-state index contributed by atoms with van der Waals surface area (Å²) >= 11 is 1.78. The Balaban J connectivity index is 3.21. The third-order valence-electron chi connectivity index (χ3n) is 1.45. The van der Waals surface area contributed by atoms with Crippen molar-refractivity contribution < 1.29 is 8.78 Å². The van der Waals surface area contributed by atoms with Crippen LogP contribution in [0.3, 0.4) is 0 Å². The Morgan fingerprint density at radius 1 is 1.36 bits per heavy atom. The highest BCUT2D eigenvalue weighted by Crippen LogP contribution is 2.16. The summed E-state index contributed by atoms with van der Waals surface area (Å²) in [4.78, 5) is 0. The van der Waals surface area contributed by atoms with E-state index in [0.29, 0.717) is 3.57 Å². The Bertz CT molecular complexity index is 248. The molecule has 0 radical (unpaired) electrons. The van der Waals surface area contributed by atoms with Crippen molar-refractivity contribution in [2.45, 2.75) is 13.3 Å². The third kappa shape index (κ3) is 1.89. The number of halogens is 3. The Labute approximate surface area is 77.8 Å². The van der Waals surface area contributed by atoms with E-state index in [0.717, 1.165) is 12.0 Å². The summed E-state index contributed by atoms with van der Waals surface area (Å²) in [5, 5.41) is 0. The zero-order valence-electron chi connectivity index (χ0n) is 6.00. The first-order chi connectivity index (χ1) is 5.15. The van der Waals surface area contributed by atoms with Crippen molar-refractivity contribution >= 4 is 22.6 Å². The summed E-state index contributed by atoms with van der Waals surface area (Å²) in [7, 11) is 0. The minimum atomic E-state index is -0.756. The minimum absolute atomic E-state index is 0.347. The lowest BCUT2D eigenvalue weighted by Gasteiger charge is -1.99. The van der Waals surface area contributed by atoms with Crippen molar-refractivity contribution in [3.8, 4) is 0 Å². The summed E-state index contributed by atoms with van der Waals surface area (Å²) in [5.41, 5.74) is 0.827. The Kier molecular flexibility index (Phi) is 2.81. The highest BCUT2D eigenvalue weighted by molar-refractivity contribution is 14.1. The number of benzene rings is 1. The van der Waals surface area contributed by atoms with Crippen LogP contribution in [0.15, 0.2) is 12.1 Å². The molecular weight excluding hydrogens is 261 g/mol. The van der Waals surface area contributed by atoms with Gasteiger partial charge in [0.1, 0.15) is 0 Å². The fraction of sp³-hybridized carbons (Fsp3) is 0.250. The summed E-state index contributed by atoms with van der Waals surface area (Å²) in [6, 6.07) is 2.89. The molecule has 0 fully saturated rings. The second kappa shape index (κ2) is 3.47. The van der Waals surface area contributed by atoms with E-state index in [-0.39, 0.29) is 0 Å². The smallest absolute Gasteiger partial charge is 0.172 e. The van der Waals surface area contributed by atoms with E-state index in [1.165, 1.54) is 6.07 Å². The van der Waals surface area contributed by atoms with Gasteiger partial charge in [0.05, 0.1) is 3.57 Å². The van der Waals surface area contributed by atoms with Crippen molar-refractivity contribution in [3.63, 3.8) is 0 Å². The van der Waals surface area contributed by atoms with Crippen LogP contribution < -0.4 is 0 Å². The minimum Gasteiger partial charge on any atom is -0.204 e. The second-order valence-electron chi connectivity index (χ2n) is 2.23. The van der Waals surface area contributed by atoms with Gasteiger partial charge in [0, 0.05) is 0 Å². The molecule has 0 aliphatic heterocycles. The molecule has 0 atom stereocenters. The zero-order chi connectivity index (χ0) is 8.43. The Morgan fingerprint density at radius 3 is 2.45 bits per heavy atom. The van der Waals surface area contributed by atoms with Crippen LogP contribution in [0.25, 0.3) is 0 Å². The van der Waals surface area contributed by atoms with E-state index in [1.807, 2.05) is 6.92 Å². The highest BCUT2D eigenvalue weighted by Gasteiger charge is 2.06. The van der Waals surface area contributed by atoms with Crippen molar-refractivity contribution in [1.82, 2.24) is 0 Å². The van der Waals surface area contributed by atoms with Crippen molar-refractivity contribution in [2.75, 3.05) is 0 Å². The molecule has 0 aromatic heterocycles. The van der Waals surface area contributed by atoms with Gasteiger partial charge in [0.2, 0.25) is 0 Å². The molecule has 0 nitrogen and oxygen atoms in total. The first-order valence-electron chi connectivity index (χ1n) is 3.28. The summed E-state index contributed by atoms with van der Waals surface area (Å²) < 4.78 is 25.7. The summed E-state index contributed by atoms with van der Waals surface area (Å²) in [6.45, 7) is 1.91. The number of aryl methyl sites for hydroxylation is 1. The van der Waals surface area contributed by atoms with Gasteiger partial charge in [-0.3, -0.25) is 0 Å². The standard InChI is InChI=1S/C8H7F2I/c1-2-5-3-6(9)8(10)7(11)4-5/h3-4H,2H2,1H3. The van der Waals surface area contributed by atoms with Crippen LogP contribution in [0, 0.1) is 15.2 Å². The topological polar surface area (TPSA) is 0 Å². The molecule has 3 heteroatoms. The molecular formula is C8H7F2I. The van der Waals surface area contributed by atoms with Gasteiger partial charge in [0.25, 0.3) is 0 Å². The predicted octanol–water partition coefficient (Wildman–Crippen LogP) is 3.13. The quantitative estimate of drug-likeness (QED) is 0.542. The maximum atomic E-state index is 12.7. The van der Waals surface area contributed by atoms with E-state index in [2.05, 4.69) is 0 Å². The van der Waals surface area contributed by atoms with Crippen LogP contribution in [0.2, 0.25) is 0 Å². The molecule has 0 spiro atoms. The first kappa shape index (κ1) is 8.90. The Hall–Kier alpha value is -0.190. The van der Waals surface area contributed by atoms with E-state index in [1.54, 1.807) is 28.7 Å². The van der Waals surface area contributed by atoms with Gasteiger partial charge in [-0.25, -0.2) is 8.78 Å². The van der Waals surface area contributed by atoms with E-state index < -0.39 is 11.6 Å². The van der Waals surface area contributed by atoms with Gasteiger partial charge in [-0.15, -0.1) is 0 Å². The zero-order valence-corrected chi connectivity index (χ0v) is 8.15. The van der Waals surface area contributed by atoms with Crippen molar-refractivity contribution in [2.24, 2.45) is 0 Å². The fourth-order valence-electron chi connectivity index (χ4n) is 0.812. The van der Waals surface area contributed by atoms with Gasteiger partial charge in [-0.05, 0) is 46.7 Å². The fourth-order valence-corrected chi connectivity index (χ4v) is 1.47.